The second-order valence-electron chi connectivity index (χ2n) is 6.10. The highest BCUT2D eigenvalue weighted by atomic mass is 16.5. The Balaban J connectivity index is 1.50. The molecule has 1 aliphatic rings. The van der Waals surface area contributed by atoms with Crippen LogP contribution in [0.4, 0.5) is 5.82 Å². The van der Waals surface area contributed by atoms with Crippen LogP contribution in [0.5, 0.6) is 0 Å². The van der Waals surface area contributed by atoms with Crippen molar-refractivity contribution < 1.29 is 9.32 Å². The molecule has 3 rings (SSSR count). The van der Waals surface area contributed by atoms with Crippen LogP contribution in [0.1, 0.15) is 42.1 Å². The van der Waals surface area contributed by atoms with E-state index in [0.29, 0.717) is 25.2 Å². The zero-order valence-corrected chi connectivity index (χ0v) is 14.2. The average molecular weight is 329 g/mol. The smallest absolute Gasteiger partial charge is 0.220 e. The van der Waals surface area contributed by atoms with Crippen LogP contribution in [0.15, 0.2) is 16.8 Å². The van der Waals surface area contributed by atoms with Gasteiger partial charge in [0.25, 0.3) is 0 Å². The summed E-state index contributed by atoms with van der Waals surface area (Å²) in [6.45, 7) is 6.19. The van der Waals surface area contributed by atoms with Crippen LogP contribution >= 0.6 is 0 Å². The van der Waals surface area contributed by atoms with Crippen molar-refractivity contribution in [2.24, 2.45) is 0 Å². The highest BCUT2D eigenvalue weighted by molar-refractivity contribution is 5.76. The van der Waals surface area contributed by atoms with E-state index in [9.17, 15) is 4.79 Å². The molecule has 0 atom stereocenters. The van der Waals surface area contributed by atoms with Crippen LogP contribution in [-0.4, -0.2) is 34.1 Å². The van der Waals surface area contributed by atoms with E-state index in [1.807, 2.05) is 19.9 Å². The summed E-state index contributed by atoms with van der Waals surface area (Å²) in [5, 5.41) is 6.79. The number of anilines is 1. The third kappa shape index (κ3) is 3.90. The first-order valence-corrected chi connectivity index (χ1v) is 8.39. The molecule has 24 heavy (non-hydrogen) atoms. The minimum Gasteiger partial charge on any atom is -0.361 e. The van der Waals surface area contributed by atoms with Gasteiger partial charge in [-0.1, -0.05) is 5.16 Å². The van der Waals surface area contributed by atoms with E-state index in [4.69, 9.17) is 4.52 Å². The molecule has 1 amide bonds. The summed E-state index contributed by atoms with van der Waals surface area (Å²) in [6.07, 6.45) is 5.19. The van der Waals surface area contributed by atoms with Gasteiger partial charge in [0.1, 0.15) is 17.4 Å². The number of hydrogen-bond acceptors (Lipinski definition) is 6. The Morgan fingerprint density at radius 2 is 2.12 bits per heavy atom. The van der Waals surface area contributed by atoms with E-state index in [1.165, 1.54) is 12.8 Å². The lowest BCUT2D eigenvalue weighted by Gasteiger charge is -2.16. The van der Waals surface area contributed by atoms with Gasteiger partial charge in [0, 0.05) is 31.3 Å². The number of nitrogens with zero attached hydrogens (tertiary/aromatic N) is 4. The lowest BCUT2D eigenvalue weighted by molar-refractivity contribution is -0.121. The Labute approximate surface area is 141 Å². The lowest BCUT2D eigenvalue weighted by atomic mass is 10.1. The van der Waals surface area contributed by atoms with Crippen LogP contribution in [0.3, 0.4) is 0 Å². The number of rotatable bonds is 6. The monoisotopic (exact) mass is 329 g/mol. The first kappa shape index (κ1) is 16.4. The summed E-state index contributed by atoms with van der Waals surface area (Å²) >= 11 is 0. The molecule has 0 radical (unpaired) electrons. The highest BCUT2D eigenvalue weighted by Crippen LogP contribution is 2.17. The molecule has 0 bridgehead atoms. The Kier molecular flexibility index (Phi) is 5.08. The van der Waals surface area contributed by atoms with E-state index >= 15 is 0 Å². The van der Waals surface area contributed by atoms with Gasteiger partial charge in [0.2, 0.25) is 5.91 Å². The molecule has 0 spiro atoms. The van der Waals surface area contributed by atoms with Crippen LogP contribution in [-0.2, 0) is 17.8 Å². The number of carbonyl (C=O) groups is 1. The number of amides is 1. The Morgan fingerprint density at radius 3 is 2.83 bits per heavy atom. The van der Waals surface area contributed by atoms with Gasteiger partial charge >= 0.3 is 0 Å². The van der Waals surface area contributed by atoms with Crippen molar-refractivity contribution in [2.75, 3.05) is 18.0 Å². The lowest BCUT2D eigenvalue weighted by Crippen LogP contribution is -2.25. The van der Waals surface area contributed by atoms with Gasteiger partial charge in [-0.25, -0.2) is 9.97 Å². The molecule has 1 N–H and O–H groups in total. The predicted octanol–water partition coefficient (Wildman–Crippen LogP) is 1.93. The quantitative estimate of drug-likeness (QED) is 0.872. The van der Waals surface area contributed by atoms with Crippen LogP contribution in [0.25, 0.3) is 0 Å². The summed E-state index contributed by atoms with van der Waals surface area (Å²) in [6, 6.07) is 1.92. The van der Waals surface area contributed by atoms with Gasteiger partial charge < -0.3 is 14.7 Å². The van der Waals surface area contributed by atoms with Gasteiger partial charge in [0.15, 0.2) is 0 Å². The summed E-state index contributed by atoms with van der Waals surface area (Å²) in [5.74, 6) is 2.35. The molecule has 0 aromatic carbocycles. The first-order chi connectivity index (χ1) is 11.6. The van der Waals surface area contributed by atoms with E-state index < -0.39 is 0 Å². The largest absolute Gasteiger partial charge is 0.361 e. The maximum atomic E-state index is 12.0. The molecule has 1 fully saturated rings. The van der Waals surface area contributed by atoms with E-state index in [0.717, 1.165) is 35.9 Å². The van der Waals surface area contributed by atoms with Crippen molar-refractivity contribution in [2.45, 2.75) is 46.1 Å². The van der Waals surface area contributed by atoms with Gasteiger partial charge in [-0.3, -0.25) is 4.79 Å². The zero-order valence-electron chi connectivity index (χ0n) is 14.2. The summed E-state index contributed by atoms with van der Waals surface area (Å²) in [5.41, 5.74) is 1.86. The highest BCUT2D eigenvalue weighted by Gasteiger charge is 2.14. The standard InChI is InChI=1S/C17H23N5O2/c1-12-14(13(2)24-21-12)5-6-17(23)19-11-15-18-8-7-16(20-15)22-9-3-4-10-22/h7-8H,3-6,9-11H2,1-2H3,(H,19,23). The fourth-order valence-electron chi connectivity index (χ4n) is 2.96. The van der Waals surface area contributed by atoms with Gasteiger partial charge in [-0.2, -0.15) is 0 Å². The van der Waals surface area contributed by atoms with Crippen LogP contribution in [0.2, 0.25) is 0 Å². The molecule has 0 saturated carbocycles. The van der Waals surface area contributed by atoms with Crippen LogP contribution in [0, 0.1) is 13.8 Å². The Hall–Kier alpha value is -2.44. The summed E-state index contributed by atoms with van der Waals surface area (Å²) in [4.78, 5) is 23.1. The van der Waals surface area contributed by atoms with Crippen molar-refractivity contribution >= 4 is 11.7 Å². The molecular formula is C17H23N5O2. The number of hydrogen-bond donors (Lipinski definition) is 1. The second kappa shape index (κ2) is 7.42. The molecule has 0 unspecified atom stereocenters. The molecule has 128 valence electrons. The van der Waals surface area contributed by atoms with E-state index in [2.05, 4.69) is 25.3 Å². The van der Waals surface area contributed by atoms with Crippen molar-refractivity contribution in [3.63, 3.8) is 0 Å². The third-order valence-electron chi connectivity index (χ3n) is 4.35. The number of nitrogens with one attached hydrogen (secondary N) is 1. The van der Waals surface area contributed by atoms with Gasteiger partial charge in [-0.05, 0) is 39.2 Å². The number of carbonyl (C=O) groups excluding carboxylic acids is 1. The molecule has 0 aliphatic carbocycles. The summed E-state index contributed by atoms with van der Waals surface area (Å²) in [7, 11) is 0. The van der Waals surface area contributed by atoms with Gasteiger partial charge in [-0.15, -0.1) is 0 Å². The molecule has 1 saturated heterocycles. The normalized spacial score (nSPS) is 14.2. The molecule has 3 heterocycles. The van der Waals surface area contributed by atoms with E-state index in [1.54, 1.807) is 6.20 Å². The molecular weight excluding hydrogens is 306 g/mol. The maximum absolute atomic E-state index is 12.0. The van der Waals surface area contributed by atoms with E-state index in [-0.39, 0.29) is 5.91 Å². The predicted molar refractivity (Wildman–Crippen MR) is 89.6 cm³/mol. The Morgan fingerprint density at radius 1 is 1.33 bits per heavy atom. The second-order valence-corrected chi connectivity index (χ2v) is 6.10. The maximum Gasteiger partial charge on any atom is 0.220 e. The molecule has 7 nitrogen and oxygen atoms in total. The zero-order chi connectivity index (χ0) is 16.9. The number of aryl methyl sites for hydroxylation is 2. The molecule has 1 aliphatic heterocycles. The van der Waals surface area contributed by atoms with Crippen molar-refractivity contribution in [3.8, 4) is 0 Å². The topological polar surface area (TPSA) is 84.2 Å². The number of aromatic nitrogens is 3. The molecule has 2 aromatic rings. The fraction of sp³-hybridized carbons (Fsp3) is 0.529. The minimum absolute atomic E-state index is 0.0230. The Bertz CT molecular complexity index is 687. The van der Waals surface area contributed by atoms with Crippen LogP contribution < -0.4 is 10.2 Å². The summed E-state index contributed by atoms with van der Waals surface area (Å²) < 4.78 is 5.11. The van der Waals surface area contributed by atoms with Crippen molar-refractivity contribution in [1.82, 2.24) is 20.4 Å². The fourth-order valence-corrected chi connectivity index (χ4v) is 2.96. The average Bonchev–Trinajstić information content (AvgIpc) is 3.22. The third-order valence-corrected chi connectivity index (χ3v) is 4.35. The van der Waals surface area contributed by atoms with Crippen molar-refractivity contribution in [1.29, 1.82) is 0 Å². The SMILES string of the molecule is Cc1noc(C)c1CCC(=O)NCc1nccc(N2CCCC2)n1. The van der Waals surface area contributed by atoms with Gasteiger partial charge in [0.05, 0.1) is 12.2 Å². The minimum atomic E-state index is -0.0230. The first-order valence-electron chi connectivity index (χ1n) is 8.39. The molecule has 7 heteroatoms. The molecule has 2 aromatic heterocycles. The van der Waals surface area contributed by atoms with Crippen molar-refractivity contribution in [3.05, 3.63) is 35.1 Å².